The van der Waals surface area contributed by atoms with E-state index >= 15 is 0 Å². The van der Waals surface area contributed by atoms with Crippen LogP contribution in [0.25, 0.3) is 16.9 Å². The minimum Gasteiger partial charge on any atom is -0.496 e. The highest BCUT2D eigenvalue weighted by Crippen LogP contribution is 2.33. The van der Waals surface area contributed by atoms with Gasteiger partial charge in [-0.15, -0.1) is 0 Å². The second kappa shape index (κ2) is 7.40. The average Bonchev–Trinajstić information content (AvgIpc) is 3.17. The number of likely N-dealkylation sites (N-methyl/N-ethyl adjacent to an activating group) is 1. The Balaban J connectivity index is 1.66. The van der Waals surface area contributed by atoms with Gasteiger partial charge < -0.3 is 14.5 Å². The molecule has 1 aliphatic heterocycles. The first kappa shape index (κ1) is 17.5. The van der Waals surface area contributed by atoms with Gasteiger partial charge in [0.2, 0.25) is 0 Å². The fourth-order valence-electron chi connectivity index (χ4n) is 3.49. The lowest BCUT2D eigenvalue weighted by atomic mass is 10.1. The molecule has 27 heavy (non-hydrogen) atoms. The summed E-state index contributed by atoms with van der Waals surface area (Å²) in [5.41, 5.74) is 3.17. The molecule has 4 rings (SSSR count). The SMILES string of the molecule is COc1cccc(F)c1-c1ccnn1-c1ccc(N2CCN(C)CC2)cc1. The van der Waals surface area contributed by atoms with E-state index in [9.17, 15) is 4.39 Å². The highest BCUT2D eigenvalue weighted by molar-refractivity contribution is 5.70. The molecule has 1 fully saturated rings. The molecule has 2 aromatic carbocycles. The molecule has 3 aromatic rings. The van der Waals surface area contributed by atoms with Crippen molar-refractivity contribution in [1.29, 1.82) is 0 Å². The van der Waals surface area contributed by atoms with Crippen LogP contribution in [0, 0.1) is 5.82 Å². The molecule has 1 aromatic heterocycles. The van der Waals surface area contributed by atoms with E-state index in [1.807, 2.05) is 12.1 Å². The molecule has 1 saturated heterocycles. The van der Waals surface area contributed by atoms with E-state index in [0.29, 0.717) is 17.0 Å². The van der Waals surface area contributed by atoms with Crippen LogP contribution in [0.2, 0.25) is 0 Å². The molecular weight excluding hydrogens is 343 g/mol. The zero-order valence-corrected chi connectivity index (χ0v) is 15.6. The molecule has 6 heteroatoms. The van der Waals surface area contributed by atoms with Gasteiger partial charge in [0, 0.05) is 31.9 Å². The number of rotatable bonds is 4. The third-order valence-electron chi connectivity index (χ3n) is 5.06. The van der Waals surface area contributed by atoms with Gasteiger partial charge in [0.15, 0.2) is 0 Å². The van der Waals surface area contributed by atoms with Crippen LogP contribution in [0.5, 0.6) is 5.75 Å². The summed E-state index contributed by atoms with van der Waals surface area (Å²) in [5, 5.41) is 4.41. The molecule has 0 spiro atoms. The zero-order valence-electron chi connectivity index (χ0n) is 15.6. The van der Waals surface area contributed by atoms with Gasteiger partial charge in [-0.2, -0.15) is 5.10 Å². The Morgan fingerprint density at radius 2 is 1.63 bits per heavy atom. The summed E-state index contributed by atoms with van der Waals surface area (Å²) in [6, 6.07) is 14.9. The first-order chi connectivity index (χ1) is 13.2. The quantitative estimate of drug-likeness (QED) is 0.708. The Morgan fingerprint density at radius 1 is 0.926 bits per heavy atom. The van der Waals surface area contributed by atoms with Crippen molar-refractivity contribution >= 4 is 5.69 Å². The third kappa shape index (κ3) is 3.40. The Kier molecular flexibility index (Phi) is 4.81. The van der Waals surface area contributed by atoms with Gasteiger partial charge >= 0.3 is 0 Å². The lowest BCUT2D eigenvalue weighted by molar-refractivity contribution is 0.313. The van der Waals surface area contributed by atoms with E-state index < -0.39 is 0 Å². The Labute approximate surface area is 158 Å². The number of benzene rings is 2. The lowest BCUT2D eigenvalue weighted by Crippen LogP contribution is -2.44. The maximum absolute atomic E-state index is 14.5. The van der Waals surface area contributed by atoms with Crippen LogP contribution in [-0.4, -0.2) is 55.0 Å². The van der Waals surface area contributed by atoms with Crippen molar-refractivity contribution in [2.24, 2.45) is 0 Å². The standard InChI is InChI=1S/C21H23FN4O/c1-24-12-14-25(15-13-24)16-6-8-17(9-7-16)26-19(10-11-23-26)21-18(22)4-3-5-20(21)27-2/h3-11H,12-15H2,1-2H3. The van der Waals surface area contributed by atoms with Crippen LogP contribution in [0.1, 0.15) is 0 Å². The van der Waals surface area contributed by atoms with E-state index in [0.717, 1.165) is 31.9 Å². The van der Waals surface area contributed by atoms with Gasteiger partial charge in [0.05, 0.1) is 30.3 Å². The van der Waals surface area contributed by atoms with Crippen LogP contribution in [0.3, 0.4) is 0 Å². The minimum atomic E-state index is -0.329. The molecule has 2 heterocycles. The predicted octanol–water partition coefficient (Wildman–Crippen LogP) is 3.44. The van der Waals surface area contributed by atoms with Crippen LogP contribution >= 0.6 is 0 Å². The third-order valence-corrected chi connectivity index (χ3v) is 5.06. The van der Waals surface area contributed by atoms with Gasteiger partial charge in [-0.1, -0.05) is 6.07 Å². The molecule has 0 unspecified atom stereocenters. The Morgan fingerprint density at radius 3 is 2.33 bits per heavy atom. The smallest absolute Gasteiger partial charge is 0.136 e. The number of ether oxygens (including phenoxy) is 1. The topological polar surface area (TPSA) is 33.5 Å². The van der Waals surface area contributed by atoms with Gasteiger partial charge in [-0.3, -0.25) is 0 Å². The number of methoxy groups -OCH3 is 1. The molecule has 1 aliphatic rings. The maximum atomic E-state index is 14.5. The highest BCUT2D eigenvalue weighted by Gasteiger charge is 2.18. The zero-order chi connectivity index (χ0) is 18.8. The van der Waals surface area contributed by atoms with Crippen molar-refractivity contribution in [3.63, 3.8) is 0 Å². The summed E-state index contributed by atoms with van der Waals surface area (Å²) in [5.74, 6) is 0.163. The second-order valence-electron chi connectivity index (χ2n) is 6.75. The first-order valence-corrected chi connectivity index (χ1v) is 9.08. The van der Waals surface area contributed by atoms with Crippen molar-refractivity contribution < 1.29 is 9.13 Å². The summed E-state index contributed by atoms with van der Waals surface area (Å²) in [6.45, 7) is 4.18. The number of piperazine rings is 1. The van der Waals surface area contributed by atoms with Gasteiger partial charge in [-0.05, 0) is 49.5 Å². The van der Waals surface area contributed by atoms with Crippen molar-refractivity contribution in [2.75, 3.05) is 45.2 Å². The van der Waals surface area contributed by atoms with E-state index in [2.05, 4.69) is 34.1 Å². The number of halogens is 1. The van der Waals surface area contributed by atoms with Crippen molar-refractivity contribution in [2.45, 2.75) is 0 Å². The first-order valence-electron chi connectivity index (χ1n) is 9.08. The largest absolute Gasteiger partial charge is 0.496 e. The molecule has 0 radical (unpaired) electrons. The monoisotopic (exact) mass is 366 g/mol. The summed E-state index contributed by atoms with van der Waals surface area (Å²) < 4.78 is 21.6. The summed E-state index contributed by atoms with van der Waals surface area (Å²) in [6.07, 6.45) is 1.68. The predicted molar refractivity (Wildman–Crippen MR) is 105 cm³/mol. The molecule has 0 aliphatic carbocycles. The molecule has 0 saturated carbocycles. The second-order valence-corrected chi connectivity index (χ2v) is 6.75. The lowest BCUT2D eigenvalue weighted by Gasteiger charge is -2.34. The minimum absolute atomic E-state index is 0.329. The van der Waals surface area contributed by atoms with Crippen molar-refractivity contribution in [3.05, 3.63) is 60.5 Å². The van der Waals surface area contributed by atoms with Crippen molar-refractivity contribution in [1.82, 2.24) is 14.7 Å². The van der Waals surface area contributed by atoms with Gasteiger partial charge in [-0.25, -0.2) is 9.07 Å². The molecule has 0 bridgehead atoms. The van der Waals surface area contributed by atoms with Gasteiger partial charge in [0.1, 0.15) is 11.6 Å². The molecule has 0 N–H and O–H groups in total. The fourth-order valence-corrected chi connectivity index (χ4v) is 3.49. The summed E-state index contributed by atoms with van der Waals surface area (Å²) in [4.78, 5) is 4.72. The normalized spacial score (nSPS) is 15.1. The number of hydrogen-bond donors (Lipinski definition) is 0. The number of aromatic nitrogens is 2. The average molecular weight is 366 g/mol. The molecule has 0 amide bonds. The molecular formula is C21H23FN4O. The molecule has 5 nitrogen and oxygen atoms in total. The highest BCUT2D eigenvalue weighted by atomic mass is 19.1. The molecule has 0 atom stereocenters. The molecule has 140 valence electrons. The number of nitrogens with zero attached hydrogens (tertiary/aromatic N) is 4. The Bertz CT molecular complexity index is 914. The van der Waals surface area contributed by atoms with E-state index in [1.165, 1.54) is 11.8 Å². The fraction of sp³-hybridized carbons (Fsp3) is 0.286. The number of anilines is 1. The van der Waals surface area contributed by atoms with Crippen molar-refractivity contribution in [3.8, 4) is 22.7 Å². The van der Waals surface area contributed by atoms with Gasteiger partial charge in [0.25, 0.3) is 0 Å². The van der Waals surface area contributed by atoms with Crippen LogP contribution < -0.4 is 9.64 Å². The summed E-state index contributed by atoms with van der Waals surface area (Å²) in [7, 11) is 3.69. The Hall–Kier alpha value is -2.86. The number of hydrogen-bond acceptors (Lipinski definition) is 4. The summed E-state index contributed by atoms with van der Waals surface area (Å²) >= 11 is 0. The van der Waals surface area contributed by atoms with Crippen LogP contribution in [0.15, 0.2) is 54.7 Å². The van der Waals surface area contributed by atoms with Crippen LogP contribution in [0.4, 0.5) is 10.1 Å². The van der Waals surface area contributed by atoms with E-state index in [4.69, 9.17) is 4.74 Å². The maximum Gasteiger partial charge on any atom is 0.136 e. The van der Waals surface area contributed by atoms with Crippen LogP contribution in [-0.2, 0) is 0 Å². The van der Waals surface area contributed by atoms with E-state index in [-0.39, 0.29) is 5.82 Å². The van der Waals surface area contributed by atoms with E-state index in [1.54, 1.807) is 36.2 Å².